The predicted molar refractivity (Wildman–Crippen MR) is 102 cm³/mol. The van der Waals surface area contributed by atoms with Gasteiger partial charge in [-0.3, -0.25) is 0 Å². The molecule has 3 aromatic heterocycles. The number of nitrogens with zero attached hydrogens (tertiary/aromatic N) is 7. The molecule has 0 amide bonds. The first-order valence-electron chi connectivity index (χ1n) is 8.31. The lowest BCUT2D eigenvalue weighted by Crippen LogP contribution is -2.36. The fourth-order valence-electron chi connectivity index (χ4n) is 2.44. The maximum absolute atomic E-state index is 9.71. The molecule has 0 aliphatic rings. The number of hydrogen-bond acceptors (Lipinski definition) is 10. The van der Waals surface area contributed by atoms with Crippen molar-refractivity contribution in [1.82, 2.24) is 34.7 Å². The molecule has 0 unspecified atom stereocenters. The van der Waals surface area contributed by atoms with Crippen LogP contribution in [0.2, 0.25) is 0 Å². The van der Waals surface area contributed by atoms with Crippen LogP contribution in [0.15, 0.2) is 29.1 Å². The lowest BCUT2D eigenvalue weighted by atomic mass is 10.0. The van der Waals surface area contributed by atoms with Crippen molar-refractivity contribution in [1.29, 1.82) is 0 Å². The average Bonchev–Trinajstić information content (AvgIpc) is 3.28. The summed E-state index contributed by atoms with van der Waals surface area (Å²) in [5.41, 5.74) is -0.483. The number of aliphatic hydroxyl groups is 3. The van der Waals surface area contributed by atoms with Crippen LogP contribution in [-0.4, -0.2) is 56.6 Å². The van der Waals surface area contributed by atoms with Gasteiger partial charge in [0.1, 0.15) is 17.2 Å². The summed E-state index contributed by atoms with van der Waals surface area (Å²) >= 11 is 3.35. The van der Waals surface area contributed by atoms with E-state index in [0.717, 1.165) is 0 Å². The number of hydrogen-bond donors (Lipinski definition) is 5. The molecule has 3 heterocycles. The van der Waals surface area contributed by atoms with E-state index in [1.165, 1.54) is 29.5 Å². The molecule has 0 bridgehead atoms. The van der Waals surface area contributed by atoms with Crippen molar-refractivity contribution >= 4 is 33.5 Å². The molecule has 12 nitrogen and oxygen atoms in total. The Morgan fingerprint density at radius 3 is 2.46 bits per heavy atom. The predicted octanol–water partition coefficient (Wildman–Crippen LogP) is 0.531. The lowest BCUT2D eigenvalue weighted by molar-refractivity contribution is -0.379. The fraction of sp³-hybridized carbons (Fsp3) is 0.400. The zero-order valence-electron chi connectivity index (χ0n) is 15.4. The zero-order chi connectivity index (χ0) is 20.5. The topological polar surface area (TPSA) is 159 Å². The van der Waals surface area contributed by atoms with Gasteiger partial charge in [-0.15, -0.1) is 0 Å². The van der Waals surface area contributed by atoms with Gasteiger partial charge in [0.2, 0.25) is 5.95 Å². The van der Waals surface area contributed by atoms with Crippen molar-refractivity contribution in [3.8, 4) is 0 Å². The van der Waals surface area contributed by atoms with Gasteiger partial charge in [0.15, 0.2) is 0 Å². The van der Waals surface area contributed by atoms with Crippen LogP contribution in [0.3, 0.4) is 0 Å². The van der Waals surface area contributed by atoms with Gasteiger partial charge in [0.05, 0.1) is 22.6 Å². The SMILES string of the molecule is CCNc1nc(Nc2cc(C(C)(C)n3nccn3)nn2C(O)(O)O)ncc1Br. The maximum atomic E-state index is 9.71. The zero-order valence-corrected chi connectivity index (χ0v) is 17.0. The number of aromatic nitrogens is 7. The summed E-state index contributed by atoms with van der Waals surface area (Å²) in [5, 5.41) is 47.3. The Bertz CT molecular complexity index is 950. The van der Waals surface area contributed by atoms with Crippen molar-refractivity contribution in [2.75, 3.05) is 17.2 Å². The second-order valence-corrected chi connectivity index (χ2v) is 7.20. The first-order valence-corrected chi connectivity index (χ1v) is 9.10. The summed E-state index contributed by atoms with van der Waals surface area (Å²) in [5.74, 6) is 0.759. The Hall–Kier alpha value is -2.61. The van der Waals surface area contributed by atoms with Gasteiger partial charge in [0, 0.05) is 18.8 Å². The Labute approximate surface area is 168 Å². The third kappa shape index (κ3) is 3.96. The molecule has 0 spiro atoms. The molecule has 0 atom stereocenters. The van der Waals surface area contributed by atoms with E-state index in [0.29, 0.717) is 27.2 Å². The Morgan fingerprint density at radius 1 is 1.18 bits per heavy atom. The monoisotopic (exact) mass is 453 g/mol. The molecule has 28 heavy (non-hydrogen) atoms. The smallest absolute Gasteiger partial charge is 0.369 e. The van der Waals surface area contributed by atoms with Crippen LogP contribution in [-0.2, 0) is 11.6 Å². The molecular formula is C15H20BrN9O3. The van der Waals surface area contributed by atoms with Crippen LogP contribution in [0, 0.1) is 0 Å². The molecular weight excluding hydrogens is 434 g/mol. The van der Waals surface area contributed by atoms with Gasteiger partial charge in [-0.1, -0.05) is 0 Å². The van der Waals surface area contributed by atoms with Crippen molar-refractivity contribution in [2.24, 2.45) is 0 Å². The molecule has 0 aromatic carbocycles. The molecule has 5 N–H and O–H groups in total. The van der Waals surface area contributed by atoms with Gasteiger partial charge in [0.25, 0.3) is 0 Å². The summed E-state index contributed by atoms with van der Waals surface area (Å²) in [4.78, 5) is 9.86. The van der Waals surface area contributed by atoms with E-state index in [9.17, 15) is 15.3 Å². The van der Waals surface area contributed by atoms with E-state index in [1.54, 1.807) is 13.8 Å². The normalized spacial score (nSPS) is 12.2. The number of anilines is 3. The molecule has 0 fully saturated rings. The maximum Gasteiger partial charge on any atom is 0.390 e. The van der Waals surface area contributed by atoms with Crippen molar-refractivity contribution < 1.29 is 15.3 Å². The highest BCUT2D eigenvalue weighted by molar-refractivity contribution is 9.10. The number of halogens is 1. The minimum absolute atomic E-state index is 0.0486. The largest absolute Gasteiger partial charge is 0.390 e. The van der Waals surface area contributed by atoms with Gasteiger partial charge < -0.3 is 26.0 Å². The lowest BCUT2D eigenvalue weighted by Gasteiger charge is -2.21. The molecule has 150 valence electrons. The summed E-state index contributed by atoms with van der Waals surface area (Å²) in [7, 11) is 0. The minimum atomic E-state index is -3.24. The Balaban J connectivity index is 2.01. The van der Waals surface area contributed by atoms with Crippen molar-refractivity contribution in [2.45, 2.75) is 32.4 Å². The van der Waals surface area contributed by atoms with Crippen LogP contribution < -0.4 is 10.6 Å². The van der Waals surface area contributed by atoms with E-state index in [-0.39, 0.29) is 11.8 Å². The molecule has 0 aliphatic carbocycles. The van der Waals surface area contributed by atoms with Gasteiger partial charge in [-0.2, -0.15) is 29.8 Å². The van der Waals surface area contributed by atoms with E-state index >= 15 is 0 Å². The Morgan fingerprint density at radius 2 is 1.86 bits per heavy atom. The summed E-state index contributed by atoms with van der Waals surface area (Å²) in [6.07, 6.45) is 1.33. The van der Waals surface area contributed by atoms with Gasteiger partial charge in [-0.05, 0) is 36.7 Å². The van der Waals surface area contributed by atoms with Gasteiger partial charge >= 0.3 is 6.10 Å². The highest BCUT2D eigenvalue weighted by atomic mass is 79.9. The molecule has 0 saturated carbocycles. The second kappa shape index (κ2) is 7.43. The van der Waals surface area contributed by atoms with E-state index < -0.39 is 11.6 Å². The second-order valence-electron chi connectivity index (χ2n) is 6.35. The van der Waals surface area contributed by atoms with Crippen LogP contribution in [0.4, 0.5) is 17.6 Å². The number of nitrogens with one attached hydrogen (secondary N) is 2. The van der Waals surface area contributed by atoms with E-state index in [1.807, 2.05) is 6.92 Å². The van der Waals surface area contributed by atoms with E-state index in [2.05, 4.69) is 51.8 Å². The number of rotatable bonds is 7. The van der Waals surface area contributed by atoms with Crippen molar-refractivity contribution in [3.05, 3.63) is 34.8 Å². The minimum Gasteiger partial charge on any atom is -0.369 e. The third-order valence-electron chi connectivity index (χ3n) is 3.87. The van der Waals surface area contributed by atoms with Crippen LogP contribution >= 0.6 is 15.9 Å². The quantitative estimate of drug-likeness (QED) is 0.319. The standard InChI is InChI=1S/C15H20BrN9O3/c1-4-17-12-9(16)8-18-13(22-12)21-11-7-10(23-24(11)15(26,27)28)14(2,3)25-19-5-6-20-25/h5-8,26-28H,4H2,1-3H3,(H2,17,18,21,22). The fourth-order valence-corrected chi connectivity index (χ4v) is 2.77. The van der Waals surface area contributed by atoms with Crippen LogP contribution in [0.5, 0.6) is 0 Å². The molecule has 0 saturated heterocycles. The molecule has 3 aromatic rings. The highest BCUT2D eigenvalue weighted by Crippen LogP contribution is 2.29. The molecule has 3 rings (SSSR count). The summed E-state index contributed by atoms with van der Waals surface area (Å²) < 4.78 is 1.27. The average molecular weight is 454 g/mol. The highest BCUT2D eigenvalue weighted by Gasteiger charge is 2.34. The van der Waals surface area contributed by atoms with Crippen LogP contribution in [0.1, 0.15) is 26.5 Å². The third-order valence-corrected chi connectivity index (χ3v) is 4.45. The Kier molecular flexibility index (Phi) is 5.34. The van der Waals surface area contributed by atoms with Gasteiger partial charge in [-0.25, -0.2) is 4.98 Å². The molecule has 0 radical (unpaired) electrons. The van der Waals surface area contributed by atoms with Crippen molar-refractivity contribution in [3.63, 3.8) is 0 Å². The first-order chi connectivity index (χ1) is 13.1. The molecule has 13 heteroatoms. The summed E-state index contributed by atoms with van der Waals surface area (Å²) in [6.45, 7) is 6.15. The first kappa shape index (κ1) is 20.1. The van der Waals surface area contributed by atoms with E-state index in [4.69, 9.17) is 0 Å². The summed E-state index contributed by atoms with van der Waals surface area (Å²) in [6, 6.07) is 1.51. The molecule has 0 aliphatic heterocycles. The van der Waals surface area contributed by atoms with Crippen LogP contribution in [0.25, 0.3) is 0 Å².